The quantitative estimate of drug-likeness (QED) is 0.709. The molecule has 2 nitrogen and oxygen atoms in total. The fourth-order valence-corrected chi connectivity index (χ4v) is 2.49. The molecule has 0 bridgehead atoms. The summed E-state index contributed by atoms with van der Waals surface area (Å²) in [5.41, 5.74) is 3.12. The van der Waals surface area contributed by atoms with E-state index in [2.05, 4.69) is 34.9 Å². The van der Waals surface area contributed by atoms with Gasteiger partial charge in [-0.1, -0.05) is 24.3 Å². The van der Waals surface area contributed by atoms with Gasteiger partial charge >= 0.3 is 0 Å². The van der Waals surface area contributed by atoms with E-state index < -0.39 is 0 Å². The number of nitrogens with one attached hydrogen (secondary N) is 2. The maximum Gasteiger partial charge on any atom is -0.00141 e. The Morgan fingerprint density at radius 3 is 2.44 bits per heavy atom. The maximum absolute atomic E-state index is 3.56. The minimum absolute atomic E-state index is 0.812. The zero-order valence-electron chi connectivity index (χ0n) is 10.1. The summed E-state index contributed by atoms with van der Waals surface area (Å²) in [5.74, 6) is 0.812. The van der Waals surface area contributed by atoms with Crippen molar-refractivity contribution in [3.63, 3.8) is 0 Å². The second-order valence-electron chi connectivity index (χ2n) is 4.70. The Balaban J connectivity index is 1.67. The van der Waals surface area contributed by atoms with Crippen molar-refractivity contribution >= 4 is 0 Å². The summed E-state index contributed by atoms with van der Waals surface area (Å²) in [6, 6.07) is 8.86. The molecule has 0 saturated heterocycles. The third kappa shape index (κ3) is 3.06. The molecule has 0 fully saturated rings. The average Bonchev–Trinajstić information content (AvgIpc) is 2.71. The number of fused-ring (bicyclic) bond motifs is 1. The van der Waals surface area contributed by atoms with Crippen LogP contribution in [-0.2, 0) is 12.8 Å². The van der Waals surface area contributed by atoms with Crippen molar-refractivity contribution in [2.45, 2.75) is 19.3 Å². The fourth-order valence-electron chi connectivity index (χ4n) is 2.49. The number of hydrogen-bond donors (Lipinski definition) is 2. The molecule has 0 spiro atoms. The molecule has 0 heterocycles. The molecule has 0 aliphatic heterocycles. The second-order valence-corrected chi connectivity index (χ2v) is 4.70. The van der Waals surface area contributed by atoms with Gasteiger partial charge < -0.3 is 10.6 Å². The Bertz CT molecular complexity index is 297. The molecule has 0 unspecified atom stereocenters. The van der Waals surface area contributed by atoms with Gasteiger partial charge in [0.2, 0.25) is 0 Å². The van der Waals surface area contributed by atoms with E-state index in [1.54, 1.807) is 11.1 Å². The Morgan fingerprint density at radius 1 is 1.12 bits per heavy atom. The van der Waals surface area contributed by atoms with E-state index in [0.29, 0.717) is 0 Å². The Morgan fingerprint density at radius 2 is 1.81 bits per heavy atom. The molecule has 1 aliphatic carbocycles. The summed E-state index contributed by atoms with van der Waals surface area (Å²) in [7, 11) is 2.01. The van der Waals surface area contributed by atoms with Crippen molar-refractivity contribution in [1.29, 1.82) is 0 Å². The summed E-state index contributed by atoms with van der Waals surface area (Å²) in [5, 5.41) is 6.73. The van der Waals surface area contributed by atoms with Crippen LogP contribution in [-0.4, -0.2) is 26.7 Å². The second kappa shape index (κ2) is 6.02. The minimum Gasteiger partial charge on any atom is -0.320 e. The maximum atomic E-state index is 3.56. The van der Waals surface area contributed by atoms with E-state index in [9.17, 15) is 0 Å². The van der Waals surface area contributed by atoms with Crippen molar-refractivity contribution < 1.29 is 0 Å². The molecule has 2 rings (SSSR count). The highest BCUT2D eigenvalue weighted by Gasteiger charge is 2.19. The number of benzene rings is 1. The molecule has 16 heavy (non-hydrogen) atoms. The van der Waals surface area contributed by atoms with Gasteiger partial charge in [-0.15, -0.1) is 0 Å². The van der Waals surface area contributed by atoms with Crippen molar-refractivity contribution in [2.75, 3.05) is 26.7 Å². The number of hydrogen-bond acceptors (Lipinski definition) is 2. The molecule has 2 heteroatoms. The molecule has 2 N–H and O–H groups in total. The molecule has 0 amide bonds. The SMILES string of the molecule is CNCCCNCC1Cc2ccccc2C1. The first kappa shape index (κ1) is 11.6. The highest BCUT2D eigenvalue weighted by Crippen LogP contribution is 2.25. The monoisotopic (exact) mass is 218 g/mol. The zero-order chi connectivity index (χ0) is 11.2. The Kier molecular flexibility index (Phi) is 4.37. The van der Waals surface area contributed by atoms with Gasteiger partial charge in [-0.25, -0.2) is 0 Å². The van der Waals surface area contributed by atoms with Crippen LogP contribution < -0.4 is 10.6 Å². The first-order chi connectivity index (χ1) is 7.90. The van der Waals surface area contributed by atoms with Gasteiger partial charge in [0.15, 0.2) is 0 Å². The molecule has 1 aromatic rings. The Hall–Kier alpha value is -0.860. The summed E-state index contributed by atoms with van der Waals surface area (Å²) in [6.45, 7) is 3.41. The van der Waals surface area contributed by atoms with Crippen LogP contribution >= 0.6 is 0 Å². The van der Waals surface area contributed by atoms with Gasteiger partial charge in [-0.2, -0.15) is 0 Å². The third-order valence-corrected chi connectivity index (χ3v) is 3.35. The predicted octanol–water partition coefficient (Wildman–Crippen LogP) is 1.60. The largest absolute Gasteiger partial charge is 0.320 e. The lowest BCUT2D eigenvalue weighted by molar-refractivity contribution is 0.491. The molecule has 0 atom stereocenters. The molecule has 88 valence electrons. The van der Waals surface area contributed by atoms with Gasteiger partial charge in [0, 0.05) is 0 Å². The summed E-state index contributed by atoms with van der Waals surface area (Å²) in [4.78, 5) is 0. The van der Waals surface area contributed by atoms with E-state index in [4.69, 9.17) is 0 Å². The van der Waals surface area contributed by atoms with Crippen LogP contribution in [0.4, 0.5) is 0 Å². The summed E-state index contributed by atoms with van der Waals surface area (Å²) < 4.78 is 0. The highest BCUT2D eigenvalue weighted by atomic mass is 14.9. The fraction of sp³-hybridized carbons (Fsp3) is 0.571. The molecule has 0 radical (unpaired) electrons. The first-order valence-electron chi connectivity index (χ1n) is 6.32. The average molecular weight is 218 g/mol. The molecule has 0 saturated carbocycles. The van der Waals surface area contributed by atoms with Gasteiger partial charge in [0.25, 0.3) is 0 Å². The topological polar surface area (TPSA) is 24.1 Å². The summed E-state index contributed by atoms with van der Waals surface area (Å²) in [6.07, 6.45) is 3.74. The molecule has 1 aliphatic rings. The molecule has 1 aromatic carbocycles. The van der Waals surface area contributed by atoms with E-state index >= 15 is 0 Å². The minimum atomic E-state index is 0.812. The van der Waals surface area contributed by atoms with Gasteiger partial charge in [-0.05, 0) is 63.0 Å². The van der Waals surface area contributed by atoms with Crippen molar-refractivity contribution in [3.8, 4) is 0 Å². The Labute approximate surface area is 98.4 Å². The molecular weight excluding hydrogens is 196 g/mol. The van der Waals surface area contributed by atoms with Crippen LogP contribution in [0, 0.1) is 5.92 Å². The normalized spacial score (nSPS) is 15.3. The van der Waals surface area contributed by atoms with Gasteiger partial charge in [-0.3, -0.25) is 0 Å². The number of rotatable bonds is 6. The van der Waals surface area contributed by atoms with Crippen LogP contribution in [0.3, 0.4) is 0 Å². The van der Waals surface area contributed by atoms with Crippen molar-refractivity contribution in [1.82, 2.24) is 10.6 Å². The zero-order valence-corrected chi connectivity index (χ0v) is 10.1. The molecule has 0 aromatic heterocycles. The first-order valence-corrected chi connectivity index (χ1v) is 6.32. The highest BCUT2D eigenvalue weighted by molar-refractivity contribution is 5.32. The van der Waals surface area contributed by atoms with E-state index in [1.165, 1.54) is 25.8 Å². The van der Waals surface area contributed by atoms with Crippen LogP contribution in [0.25, 0.3) is 0 Å². The van der Waals surface area contributed by atoms with Gasteiger partial charge in [0.1, 0.15) is 0 Å². The molecular formula is C14H22N2. The van der Waals surface area contributed by atoms with Crippen molar-refractivity contribution in [3.05, 3.63) is 35.4 Å². The summed E-state index contributed by atoms with van der Waals surface area (Å²) >= 11 is 0. The van der Waals surface area contributed by atoms with E-state index in [1.807, 2.05) is 7.05 Å². The standard InChI is InChI=1S/C14H22N2/c1-15-7-4-8-16-11-12-9-13-5-2-3-6-14(13)10-12/h2-3,5-6,12,15-16H,4,7-11H2,1H3. The van der Waals surface area contributed by atoms with Crippen LogP contribution in [0.1, 0.15) is 17.5 Å². The van der Waals surface area contributed by atoms with Crippen LogP contribution in [0.15, 0.2) is 24.3 Å². The predicted molar refractivity (Wildman–Crippen MR) is 68.8 cm³/mol. The lowest BCUT2D eigenvalue weighted by Crippen LogP contribution is -2.26. The lowest BCUT2D eigenvalue weighted by atomic mass is 10.1. The lowest BCUT2D eigenvalue weighted by Gasteiger charge is -2.10. The third-order valence-electron chi connectivity index (χ3n) is 3.35. The smallest absolute Gasteiger partial charge is 0.00141 e. The van der Waals surface area contributed by atoms with E-state index in [0.717, 1.165) is 19.0 Å². The van der Waals surface area contributed by atoms with Crippen molar-refractivity contribution in [2.24, 2.45) is 5.92 Å². The van der Waals surface area contributed by atoms with Crippen LogP contribution in [0.5, 0.6) is 0 Å². The van der Waals surface area contributed by atoms with Gasteiger partial charge in [0.05, 0.1) is 0 Å². The van der Waals surface area contributed by atoms with E-state index in [-0.39, 0.29) is 0 Å². The van der Waals surface area contributed by atoms with Crippen LogP contribution in [0.2, 0.25) is 0 Å².